The molecule has 0 spiro atoms. The maximum atomic E-state index is 11.9. The fourth-order valence-corrected chi connectivity index (χ4v) is 2.19. The van der Waals surface area contributed by atoms with Crippen molar-refractivity contribution in [3.63, 3.8) is 0 Å². The van der Waals surface area contributed by atoms with Crippen LogP contribution in [-0.4, -0.2) is 17.9 Å². The zero-order valence-corrected chi connectivity index (χ0v) is 12.8. The van der Waals surface area contributed by atoms with Crippen molar-refractivity contribution in [2.75, 3.05) is 0 Å². The van der Waals surface area contributed by atoms with Gasteiger partial charge in [0.1, 0.15) is 0 Å². The Bertz CT molecular complexity index is 492. The fraction of sp³-hybridized carbons (Fsp3) is 0.529. The van der Waals surface area contributed by atoms with Crippen molar-refractivity contribution in [2.45, 2.75) is 52.1 Å². The summed E-state index contributed by atoms with van der Waals surface area (Å²) in [6.45, 7) is 4.56. The normalized spacial score (nSPS) is 15.9. The number of amides is 2. The highest BCUT2D eigenvalue weighted by Crippen LogP contribution is 2.26. The lowest BCUT2D eigenvalue weighted by atomic mass is 9.85. The van der Waals surface area contributed by atoms with Crippen LogP contribution in [0, 0.1) is 5.92 Å². The first-order valence-electron chi connectivity index (χ1n) is 7.77. The van der Waals surface area contributed by atoms with Crippen molar-refractivity contribution in [1.29, 1.82) is 0 Å². The molecule has 4 nitrogen and oxygen atoms in total. The first kappa shape index (κ1) is 15.5. The van der Waals surface area contributed by atoms with Gasteiger partial charge in [0.2, 0.25) is 5.91 Å². The summed E-state index contributed by atoms with van der Waals surface area (Å²) >= 11 is 0. The number of rotatable bonds is 6. The summed E-state index contributed by atoms with van der Waals surface area (Å²) in [6.07, 6.45) is 4.11. The molecule has 1 aliphatic carbocycles. The van der Waals surface area contributed by atoms with Gasteiger partial charge in [-0.25, -0.2) is 0 Å². The lowest BCUT2D eigenvalue weighted by Gasteiger charge is -2.24. The van der Waals surface area contributed by atoms with Gasteiger partial charge in [-0.2, -0.15) is 0 Å². The Kier molecular flexibility index (Phi) is 5.37. The Labute approximate surface area is 126 Å². The highest BCUT2D eigenvalue weighted by molar-refractivity contribution is 5.94. The molecule has 1 fully saturated rings. The van der Waals surface area contributed by atoms with Gasteiger partial charge in [-0.05, 0) is 43.9 Å². The minimum absolute atomic E-state index is 0.0468. The topological polar surface area (TPSA) is 58.2 Å². The molecule has 2 N–H and O–H groups in total. The second kappa shape index (κ2) is 7.25. The third kappa shape index (κ3) is 4.31. The molecule has 1 saturated carbocycles. The Morgan fingerprint density at radius 1 is 1.24 bits per heavy atom. The fourth-order valence-electron chi connectivity index (χ4n) is 2.19. The van der Waals surface area contributed by atoms with Crippen LogP contribution >= 0.6 is 0 Å². The van der Waals surface area contributed by atoms with Crippen LogP contribution in [0.3, 0.4) is 0 Å². The van der Waals surface area contributed by atoms with Crippen LogP contribution in [0.4, 0.5) is 0 Å². The standard InChI is InChI=1S/C17H24N2O2/c1-3-12(2)19-17(21)15-9-7-13(8-10-15)11-18-16(20)14-5-4-6-14/h7-10,12,14H,3-6,11H2,1-2H3,(H,18,20)(H,19,21). The second-order valence-corrected chi connectivity index (χ2v) is 5.83. The van der Waals surface area contributed by atoms with Crippen molar-refractivity contribution in [3.8, 4) is 0 Å². The van der Waals surface area contributed by atoms with E-state index in [-0.39, 0.29) is 23.8 Å². The van der Waals surface area contributed by atoms with Crippen LogP contribution in [0.5, 0.6) is 0 Å². The molecule has 1 aromatic carbocycles. The molecule has 1 unspecified atom stereocenters. The average molecular weight is 288 g/mol. The summed E-state index contributed by atoms with van der Waals surface area (Å²) in [5.41, 5.74) is 1.67. The molecule has 2 amide bonds. The maximum absolute atomic E-state index is 11.9. The van der Waals surface area contributed by atoms with E-state index in [0.717, 1.165) is 31.2 Å². The van der Waals surface area contributed by atoms with E-state index in [1.807, 2.05) is 38.1 Å². The Hall–Kier alpha value is -1.84. The quantitative estimate of drug-likeness (QED) is 0.845. The second-order valence-electron chi connectivity index (χ2n) is 5.83. The van der Waals surface area contributed by atoms with Crippen LogP contribution < -0.4 is 10.6 Å². The smallest absolute Gasteiger partial charge is 0.251 e. The van der Waals surface area contributed by atoms with Gasteiger partial charge in [-0.1, -0.05) is 25.5 Å². The van der Waals surface area contributed by atoms with Crippen LogP contribution in [0.15, 0.2) is 24.3 Å². The van der Waals surface area contributed by atoms with Crippen LogP contribution in [0.2, 0.25) is 0 Å². The average Bonchev–Trinajstić information content (AvgIpc) is 2.43. The molecule has 0 heterocycles. The van der Waals surface area contributed by atoms with Crippen molar-refractivity contribution in [1.82, 2.24) is 10.6 Å². The van der Waals surface area contributed by atoms with Crippen molar-refractivity contribution < 1.29 is 9.59 Å². The first-order valence-corrected chi connectivity index (χ1v) is 7.77. The van der Waals surface area contributed by atoms with E-state index in [4.69, 9.17) is 0 Å². The van der Waals surface area contributed by atoms with Crippen molar-refractivity contribution >= 4 is 11.8 Å². The first-order chi connectivity index (χ1) is 10.1. The van der Waals surface area contributed by atoms with Crippen LogP contribution in [0.25, 0.3) is 0 Å². The summed E-state index contributed by atoms with van der Waals surface area (Å²) < 4.78 is 0. The summed E-state index contributed by atoms with van der Waals surface area (Å²) in [4.78, 5) is 23.7. The third-order valence-electron chi connectivity index (χ3n) is 4.15. The van der Waals surface area contributed by atoms with Gasteiger partial charge in [0, 0.05) is 24.1 Å². The van der Waals surface area contributed by atoms with Crippen LogP contribution in [0.1, 0.15) is 55.5 Å². The van der Waals surface area contributed by atoms with Gasteiger partial charge in [0.15, 0.2) is 0 Å². The number of nitrogens with one attached hydrogen (secondary N) is 2. The van der Waals surface area contributed by atoms with E-state index in [1.165, 1.54) is 0 Å². The molecule has 0 bridgehead atoms. The van der Waals surface area contributed by atoms with Gasteiger partial charge >= 0.3 is 0 Å². The number of benzene rings is 1. The highest BCUT2D eigenvalue weighted by atomic mass is 16.2. The minimum atomic E-state index is -0.0468. The number of carbonyl (C=O) groups is 2. The number of carbonyl (C=O) groups excluding carboxylic acids is 2. The largest absolute Gasteiger partial charge is 0.352 e. The highest BCUT2D eigenvalue weighted by Gasteiger charge is 2.24. The Balaban J connectivity index is 1.83. The third-order valence-corrected chi connectivity index (χ3v) is 4.15. The molecule has 21 heavy (non-hydrogen) atoms. The predicted octanol–water partition coefficient (Wildman–Crippen LogP) is 2.63. The lowest BCUT2D eigenvalue weighted by Crippen LogP contribution is -2.34. The molecule has 0 saturated heterocycles. The van der Waals surface area contributed by atoms with E-state index in [0.29, 0.717) is 12.1 Å². The van der Waals surface area contributed by atoms with E-state index in [9.17, 15) is 9.59 Å². The van der Waals surface area contributed by atoms with Gasteiger partial charge in [0.25, 0.3) is 5.91 Å². The van der Waals surface area contributed by atoms with Gasteiger partial charge < -0.3 is 10.6 Å². The summed E-state index contributed by atoms with van der Waals surface area (Å²) in [6, 6.07) is 7.59. The van der Waals surface area contributed by atoms with Crippen molar-refractivity contribution in [2.24, 2.45) is 5.92 Å². The predicted molar refractivity (Wildman–Crippen MR) is 82.8 cm³/mol. The zero-order valence-electron chi connectivity index (χ0n) is 12.8. The number of hydrogen-bond donors (Lipinski definition) is 2. The number of hydrogen-bond acceptors (Lipinski definition) is 2. The maximum Gasteiger partial charge on any atom is 0.251 e. The van der Waals surface area contributed by atoms with Gasteiger partial charge in [-0.3, -0.25) is 9.59 Å². The minimum Gasteiger partial charge on any atom is -0.352 e. The molecule has 4 heteroatoms. The molecular weight excluding hydrogens is 264 g/mol. The summed E-state index contributed by atoms with van der Waals surface area (Å²) in [5.74, 6) is 0.319. The Morgan fingerprint density at radius 3 is 2.43 bits per heavy atom. The summed E-state index contributed by atoms with van der Waals surface area (Å²) in [5, 5.41) is 5.89. The van der Waals surface area contributed by atoms with E-state index < -0.39 is 0 Å². The molecule has 0 radical (unpaired) electrons. The van der Waals surface area contributed by atoms with Crippen LogP contribution in [-0.2, 0) is 11.3 Å². The van der Waals surface area contributed by atoms with E-state index in [1.54, 1.807) is 0 Å². The molecule has 1 atom stereocenters. The lowest BCUT2D eigenvalue weighted by molar-refractivity contribution is -0.127. The van der Waals surface area contributed by atoms with E-state index in [2.05, 4.69) is 10.6 Å². The van der Waals surface area contributed by atoms with E-state index >= 15 is 0 Å². The SMILES string of the molecule is CCC(C)NC(=O)c1ccc(CNC(=O)C2CCC2)cc1. The molecule has 0 aliphatic heterocycles. The molecule has 0 aromatic heterocycles. The Morgan fingerprint density at radius 2 is 1.90 bits per heavy atom. The van der Waals surface area contributed by atoms with Gasteiger partial charge in [0.05, 0.1) is 0 Å². The summed E-state index contributed by atoms with van der Waals surface area (Å²) in [7, 11) is 0. The molecule has 2 rings (SSSR count). The van der Waals surface area contributed by atoms with Gasteiger partial charge in [-0.15, -0.1) is 0 Å². The zero-order chi connectivity index (χ0) is 15.2. The molecule has 114 valence electrons. The molecule has 1 aliphatic rings. The monoisotopic (exact) mass is 288 g/mol. The molecule has 1 aromatic rings. The van der Waals surface area contributed by atoms with Crippen molar-refractivity contribution in [3.05, 3.63) is 35.4 Å². The molecular formula is C17H24N2O2.